The Labute approximate surface area is 113 Å². The van der Waals surface area contributed by atoms with Crippen LogP contribution in [-0.4, -0.2) is 0 Å². The van der Waals surface area contributed by atoms with E-state index in [0.29, 0.717) is 0 Å². The van der Waals surface area contributed by atoms with Gasteiger partial charge in [-0.1, -0.05) is 54.1 Å². The summed E-state index contributed by atoms with van der Waals surface area (Å²) < 4.78 is 0. The minimum absolute atomic E-state index is 0.0399. The maximum atomic E-state index is 9.23. The molecule has 2 heteroatoms. The fourth-order valence-electron chi connectivity index (χ4n) is 1.95. The summed E-state index contributed by atoms with van der Waals surface area (Å²) in [6.45, 7) is 0. The number of hydrogen-bond donors (Lipinski definition) is 0. The quantitative estimate of drug-likeness (QED) is 0.785. The van der Waals surface area contributed by atoms with Crippen molar-refractivity contribution in [1.82, 2.24) is 0 Å². The van der Waals surface area contributed by atoms with E-state index in [1.807, 2.05) is 54.6 Å². The van der Waals surface area contributed by atoms with Gasteiger partial charge in [-0.25, -0.2) is 0 Å². The van der Waals surface area contributed by atoms with E-state index >= 15 is 0 Å². The highest BCUT2D eigenvalue weighted by atomic mass is 35.5. The standard InChI is InChI=1S/C16H14ClN/c17-16-10-7-13(8-11-16)6-9-15(12-18)14-4-2-1-3-5-14/h1-5,7-8,10-11,15H,6,9H2/t15-/m0/s1. The molecule has 0 saturated heterocycles. The summed E-state index contributed by atoms with van der Waals surface area (Å²) in [7, 11) is 0. The lowest BCUT2D eigenvalue weighted by Gasteiger charge is -2.09. The number of benzene rings is 2. The van der Waals surface area contributed by atoms with Crippen molar-refractivity contribution in [2.24, 2.45) is 0 Å². The number of rotatable bonds is 4. The Morgan fingerprint density at radius 1 is 1.00 bits per heavy atom. The first-order valence-electron chi connectivity index (χ1n) is 5.98. The molecule has 0 amide bonds. The molecule has 1 nitrogen and oxygen atoms in total. The van der Waals surface area contributed by atoms with Crippen LogP contribution in [0.5, 0.6) is 0 Å². The molecule has 0 saturated carbocycles. The second-order valence-electron chi connectivity index (χ2n) is 4.26. The first kappa shape index (κ1) is 12.7. The molecule has 0 aliphatic carbocycles. The van der Waals surface area contributed by atoms with Gasteiger partial charge in [0, 0.05) is 5.02 Å². The lowest BCUT2D eigenvalue weighted by atomic mass is 9.94. The highest BCUT2D eigenvalue weighted by Crippen LogP contribution is 2.21. The summed E-state index contributed by atoms with van der Waals surface area (Å²) in [6.07, 6.45) is 1.73. The van der Waals surface area contributed by atoms with Gasteiger partial charge in [-0.15, -0.1) is 0 Å². The first-order valence-corrected chi connectivity index (χ1v) is 6.36. The van der Waals surface area contributed by atoms with Gasteiger partial charge in [-0.05, 0) is 36.1 Å². The molecule has 2 rings (SSSR count). The average molecular weight is 256 g/mol. The molecular formula is C16H14ClN. The predicted molar refractivity (Wildman–Crippen MR) is 74.6 cm³/mol. The summed E-state index contributed by atoms with van der Waals surface area (Å²) in [6, 6.07) is 20.1. The smallest absolute Gasteiger partial charge is 0.0715 e. The molecule has 0 N–H and O–H groups in total. The Morgan fingerprint density at radius 2 is 1.67 bits per heavy atom. The lowest BCUT2D eigenvalue weighted by molar-refractivity contribution is 0.746. The second kappa shape index (κ2) is 6.23. The van der Waals surface area contributed by atoms with Crippen LogP contribution in [0.4, 0.5) is 0 Å². The van der Waals surface area contributed by atoms with Crippen molar-refractivity contribution in [3.8, 4) is 6.07 Å². The summed E-state index contributed by atoms with van der Waals surface area (Å²) in [4.78, 5) is 0. The molecule has 0 fully saturated rings. The van der Waals surface area contributed by atoms with Gasteiger partial charge in [0.15, 0.2) is 0 Å². The molecule has 0 bridgehead atoms. The highest BCUT2D eigenvalue weighted by molar-refractivity contribution is 6.30. The van der Waals surface area contributed by atoms with Crippen LogP contribution in [0.3, 0.4) is 0 Å². The van der Waals surface area contributed by atoms with E-state index in [1.54, 1.807) is 0 Å². The molecule has 0 aliphatic heterocycles. The van der Waals surface area contributed by atoms with Crippen LogP contribution in [0.15, 0.2) is 54.6 Å². The zero-order chi connectivity index (χ0) is 12.8. The normalized spacial score (nSPS) is 11.8. The van der Waals surface area contributed by atoms with Crippen LogP contribution in [0, 0.1) is 11.3 Å². The monoisotopic (exact) mass is 255 g/mol. The molecule has 0 aromatic heterocycles. The average Bonchev–Trinajstić information content (AvgIpc) is 2.43. The van der Waals surface area contributed by atoms with Gasteiger partial charge in [0.2, 0.25) is 0 Å². The maximum Gasteiger partial charge on any atom is 0.0715 e. The van der Waals surface area contributed by atoms with Gasteiger partial charge in [-0.2, -0.15) is 5.26 Å². The van der Waals surface area contributed by atoms with Gasteiger partial charge in [-0.3, -0.25) is 0 Å². The van der Waals surface area contributed by atoms with Crippen LogP contribution in [0.2, 0.25) is 5.02 Å². The van der Waals surface area contributed by atoms with Crippen molar-refractivity contribution in [3.63, 3.8) is 0 Å². The number of hydrogen-bond acceptors (Lipinski definition) is 1. The maximum absolute atomic E-state index is 9.23. The van der Waals surface area contributed by atoms with Gasteiger partial charge < -0.3 is 0 Å². The van der Waals surface area contributed by atoms with Crippen LogP contribution < -0.4 is 0 Å². The third kappa shape index (κ3) is 3.35. The third-order valence-corrected chi connectivity index (χ3v) is 3.24. The topological polar surface area (TPSA) is 23.8 Å². The van der Waals surface area contributed by atoms with Gasteiger partial charge in [0.05, 0.1) is 12.0 Å². The van der Waals surface area contributed by atoms with Crippen LogP contribution in [-0.2, 0) is 6.42 Å². The molecule has 2 aromatic rings. The summed E-state index contributed by atoms with van der Waals surface area (Å²) in [5, 5.41) is 9.98. The number of aryl methyl sites for hydroxylation is 1. The van der Waals surface area contributed by atoms with Crippen molar-refractivity contribution in [2.75, 3.05) is 0 Å². The van der Waals surface area contributed by atoms with Gasteiger partial charge in [0.1, 0.15) is 0 Å². The van der Waals surface area contributed by atoms with E-state index in [0.717, 1.165) is 23.4 Å². The number of nitrogens with zero attached hydrogens (tertiary/aromatic N) is 1. The van der Waals surface area contributed by atoms with Crippen molar-refractivity contribution in [2.45, 2.75) is 18.8 Å². The molecule has 90 valence electrons. The zero-order valence-electron chi connectivity index (χ0n) is 10.0. The Bertz CT molecular complexity index is 525. The number of nitriles is 1. The third-order valence-electron chi connectivity index (χ3n) is 2.99. The molecule has 2 aromatic carbocycles. The molecule has 0 heterocycles. The SMILES string of the molecule is N#C[C@H](CCc1ccc(Cl)cc1)c1ccccc1. The van der Waals surface area contributed by atoms with E-state index in [1.165, 1.54) is 5.56 Å². The molecule has 0 spiro atoms. The number of halogens is 1. The largest absolute Gasteiger partial charge is 0.198 e. The Balaban J connectivity index is 2.00. The minimum Gasteiger partial charge on any atom is -0.198 e. The van der Waals surface area contributed by atoms with Crippen molar-refractivity contribution < 1.29 is 0 Å². The van der Waals surface area contributed by atoms with E-state index in [2.05, 4.69) is 6.07 Å². The van der Waals surface area contributed by atoms with E-state index in [9.17, 15) is 5.26 Å². The fraction of sp³-hybridized carbons (Fsp3) is 0.188. The molecule has 0 aliphatic rings. The Kier molecular flexibility index (Phi) is 4.39. The van der Waals surface area contributed by atoms with Gasteiger partial charge in [0.25, 0.3) is 0 Å². The molecule has 1 atom stereocenters. The second-order valence-corrected chi connectivity index (χ2v) is 4.69. The molecule has 18 heavy (non-hydrogen) atoms. The highest BCUT2D eigenvalue weighted by Gasteiger charge is 2.09. The van der Waals surface area contributed by atoms with Crippen LogP contribution >= 0.6 is 11.6 Å². The zero-order valence-corrected chi connectivity index (χ0v) is 10.8. The minimum atomic E-state index is -0.0399. The van der Waals surface area contributed by atoms with Crippen LogP contribution in [0.25, 0.3) is 0 Å². The predicted octanol–water partition coefficient (Wildman–Crippen LogP) is 4.58. The van der Waals surface area contributed by atoms with E-state index in [-0.39, 0.29) is 5.92 Å². The summed E-state index contributed by atoms with van der Waals surface area (Å²) in [5.74, 6) is -0.0399. The lowest BCUT2D eigenvalue weighted by Crippen LogP contribution is -1.98. The molecular weight excluding hydrogens is 242 g/mol. The van der Waals surface area contributed by atoms with Crippen molar-refractivity contribution in [1.29, 1.82) is 5.26 Å². The van der Waals surface area contributed by atoms with Crippen molar-refractivity contribution in [3.05, 3.63) is 70.7 Å². The van der Waals surface area contributed by atoms with Gasteiger partial charge >= 0.3 is 0 Å². The first-order chi connectivity index (χ1) is 8.79. The Morgan fingerprint density at radius 3 is 2.28 bits per heavy atom. The summed E-state index contributed by atoms with van der Waals surface area (Å²) >= 11 is 5.85. The van der Waals surface area contributed by atoms with Crippen LogP contribution in [0.1, 0.15) is 23.5 Å². The molecule has 0 unspecified atom stereocenters. The summed E-state index contributed by atoms with van der Waals surface area (Å²) in [5.41, 5.74) is 2.31. The van der Waals surface area contributed by atoms with E-state index in [4.69, 9.17) is 11.6 Å². The molecule has 0 radical (unpaired) electrons. The fourth-order valence-corrected chi connectivity index (χ4v) is 2.08. The Hall–Kier alpha value is -1.78. The van der Waals surface area contributed by atoms with E-state index < -0.39 is 0 Å². The van der Waals surface area contributed by atoms with Crippen molar-refractivity contribution >= 4 is 11.6 Å².